The maximum absolute atomic E-state index is 13.4. The zero-order valence-corrected chi connectivity index (χ0v) is 24.2. The summed E-state index contributed by atoms with van der Waals surface area (Å²) in [5.74, 6) is -1.59. The van der Waals surface area contributed by atoms with Gasteiger partial charge in [0.2, 0.25) is 0 Å². The molecule has 2 fully saturated rings. The summed E-state index contributed by atoms with van der Waals surface area (Å²) in [5, 5.41) is 15.0. The van der Waals surface area contributed by atoms with E-state index < -0.39 is 24.0 Å². The third-order valence-corrected chi connectivity index (χ3v) is 7.62. The highest BCUT2D eigenvalue weighted by molar-refractivity contribution is 5.99. The van der Waals surface area contributed by atoms with E-state index in [0.29, 0.717) is 49.7 Å². The quantitative estimate of drug-likeness (QED) is 0.317. The molecule has 0 bridgehead atoms. The summed E-state index contributed by atoms with van der Waals surface area (Å²) in [4.78, 5) is 58.5. The fourth-order valence-electron chi connectivity index (χ4n) is 5.32. The van der Waals surface area contributed by atoms with E-state index in [1.54, 1.807) is 41.4 Å². The second kappa shape index (κ2) is 14.5. The molecule has 5 rings (SSSR count). The number of carboxylic acids is 1. The van der Waals surface area contributed by atoms with Crippen molar-refractivity contribution in [3.63, 3.8) is 0 Å². The van der Waals surface area contributed by atoms with E-state index in [0.717, 1.165) is 18.4 Å². The van der Waals surface area contributed by atoms with Gasteiger partial charge in [-0.25, -0.2) is 4.79 Å². The zero-order valence-electron chi connectivity index (χ0n) is 24.2. The van der Waals surface area contributed by atoms with E-state index >= 15 is 0 Å². The van der Waals surface area contributed by atoms with Crippen LogP contribution in [0.25, 0.3) is 0 Å². The van der Waals surface area contributed by atoms with Gasteiger partial charge in [0.1, 0.15) is 12.7 Å². The second-order valence-electron chi connectivity index (χ2n) is 10.6. The van der Waals surface area contributed by atoms with Crippen LogP contribution in [-0.4, -0.2) is 77.8 Å². The maximum Gasteiger partial charge on any atom is 0.412 e. The molecule has 230 valence electrons. The molecule has 3 N–H and O–H groups in total. The van der Waals surface area contributed by atoms with Crippen molar-refractivity contribution in [2.45, 2.75) is 38.0 Å². The van der Waals surface area contributed by atoms with Crippen molar-refractivity contribution in [1.29, 1.82) is 0 Å². The minimum atomic E-state index is -1.07. The average Bonchev–Trinajstić information content (AvgIpc) is 3.59. The van der Waals surface area contributed by atoms with E-state index in [1.165, 1.54) is 6.20 Å². The van der Waals surface area contributed by atoms with Crippen molar-refractivity contribution in [2.75, 3.05) is 43.0 Å². The number of pyridine rings is 1. The molecule has 0 aliphatic carbocycles. The molecule has 2 aliphatic heterocycles. The van der Waals surface area contributed by atoms with Gasteiger partial charge in [-0.3, -0.25) is 24.7 Å². The second-order valence-corrected chi connectivity index (χ2v) is 10.6. The normalized spacial score (nSPS) is 17.0. The molecule has 2 atom stereocenters. The van der Waals surface area contributed by atoms with E-state index in [2.05, 4.69) is 15.6 Å². The minimum Gasteiger partial charge on any atom is -0.481 e. The Kier molecular flexibility index (Phi) is 10.0. The van der Waals surface area contributed by atoms with Gasteiger partial charge in [0.05, 0.1) is 23.8 Å². The van der Waals surface area contributed by atoms with Crippen molar-refractivity contribution in [3.8, 4) is 0 Å². The number of aliphatic carboxylic acids is 1. The summed E-state index contributed by atoms with van der Waals surface area (Å²) < 4.78 is 11.0. The molecule has 2 aliphatic rings. The van der Waals surface area contributed by atoms with Gasteiger partial charge in [0, 0.05) is 50.7 Å². The summed E-state index contributed by atoms with van der Waals surface area (Å²) in [7, 11) is 0. The SMILES string of the molecule is O=C(O)CC(NC(=O)c1ccc(N2CCN(C(=O)C3CCCO3)CC2)c(NC(=O)OCc2ccccc2)c1)c1cccnc1. The highest BCUT2D eigenvalue weighted by Gasteiger charge is 2.31. The van der Waals surface area contributed by atoms with Gasteiger partial charge in [-0.2, -0.15) is 0 Å². The fourth-order valence-corrected chi connectivity index (χ4v) is 5.32. The number of rotatable bonds is 10. The van der Waals surface area contributed by atoms with Gasteiger partial charge in [0.15, 0.2) is 0 Å². The van der Waals surface area contributed by atoms with Gasteiger partial charge < -0.3 is 29.7 Å². The van der Waals surface area contributed by atoms with Gasteiger partial charge in [-0.1, -0.05) is 36.4 Å². The topological polar surface area (TPSA) is 150 Å². The molecular formula is C32H35N5O7. The maximum atomic E-state index is 13.4. The Morgan fingerprint density at radius 2 is 1.82 bits per heavy atom. The van der Waals surface area contributed by atoms with Crippen LogP contribution in [0.2, 0.25) is 0 Å². The molecule has 0 saturated carbocycles. The van der Waals surface area contributed by atoms with Crippen LogP contribution in [-0.2, 0) is 25.7 Å². The first-order valence-electron chi connectivity index (χ1n) is 14.6. The number of hydrogen-bond donors (Lipinski definition) is 3. The summed E-state index contributed by atoms with van der Waals surface area (Å²) >= 11 is 0. The molecule has 12 nitrogen and oxygen atoms in total. The van der Waals surface area contributed by atoms with Crippen LogP contribution in [0.4, 0.5) is 16.2 Å². The monoisotopic (exact) mass is 601 g/mol. The Hall–Kier alpha value is -4.97. The molecule has 0 radical (unpaired) electrons. The van der Waals surface area contributed by atoms with Crippen LogP contribution in [0.15, 0.2) is 73.1 Å². The molecular weight excluding hydrogens is 566 g/mol. The summed E-state index contributed by atoms with van der Waals surface area (Å²) in [5.41, 5.74) is 2.61. The molecule has 3 aromatic rings. The number of nitrogens with one attached hydrogen (secondary N) is 2. The Morgan fingerprint density at radius 1 is 1.02 bits per heavy atom. The number of piperazine rings is 1. The number of carbonyl (C=O) groups is 4. The number of hydrogen-bond acceptors (Lipinski definition) is 8. The number of nitrogens with zero attached hydrogens (tertiary/aromatic N) is 3. The van der Waals surface area contributed by atoms with Crippen LogP contribution in [0.1, 0.15) is 46.8 Å². The Labute approximate surface area is 255 Å². The van der Waals surface area contributed by atoms with Gasteiger partial charge in [0.25, 0.3) is 11.8 Å². The molecule has 0 spiro atoms. The third-order valence-electron chi connectivity index (χ3n) is 7.62. The van der Waals surface area contributed by atoms with E-state index in [9.17, 15) is 24.3 Å². The molecule has 1 aromatic heterocycles. The number of amides is 3. The lowest BCUT2D eigenvalue weighted by Gasteiger charge is -2.37. The third kappa shape index (κ3) is 7.90. The first kappa shape index (κ1) is 30.5. The lowest BCUT2D eigenvalue weighted by Crippen LogP contribution is -2.51. The predicted octanol–water partition coefficient (Wildman–Crippen LogP) is 3.60. The molecule has 3 amide bonds. The van der Waals surface area contributed by atoms with Crippen LogP contribution in [0, 0.1) is 0 Å². The Morgan fingerprint density at radius 3 is 2.50 bits per heavy atom. The fraction of sp³-hybridized carbons (Fsp3) is 0.344. The van der Waals surface area contributed by atoms with Crippen LogP contribution in [0.3, 0.4) is 0 Å². The van der Waals surface area contributed by atoms with Crippen molar-refractivity contribution >= 4 is 35.3 Å². The van der Waals surface area contributed by atoms with Crippen molar-refractivity contribution in [3.05, 3.63) is 89.7 Å². The smallest absolute Gasteiger partial charge is 0.412 e. The van der Waals surface area contributed by atoms with E-state index in [-0.39, 0.29) is 30.6 Å². The number of ether oxygens (including phenoxy) is 2. The summed E-state index contributed by atoms with van der Waals surface area (Å²) in [6, 6.07) is 16.7. The predicted molar refractivity (Wildman–Crippen MR) is 161 cm³/mol. The van der Waals surface area contributed by atoms with E-state index in [4.69, 9.17) is 9.47 Å². The number of carbonyl (C=O) groups excluding carboxylic acids is 3. The standard InChI is InChI=1S/C32H35N5O7/c38-29(39)19-25(24-8-4-12-33-20-24)34-30(40)23-10-11-27(26(18-23)35-32(42)44-21-22-6-2-1-3-7-22)36-13-15-37(16-14-36)31(41)28-9-5-17-43-28/h1-4,6-8,10-12,18,20,25,28H,5,9,13-17,19,21H2,(H,34,40)(H,35,42)(H,38,39). The molecule has 44 heavy (non-hydrogen) atoms. The highest BCUT2D eigenvalue weighted by Crippen LogP contribution is 2.30. The van der Waals surface area contributed by atoms with Gasteiger partial charge in [-0.15, -0.1) is 0 Å². The summed E-state index contributed by atoms with van der Waals surface area (Å²) in [6.07, 6.45) is 3.28. The molecule has 12 heteroatoms. The molecule has 2 unspecified atom stereocenters. The Bertz CT molecular complexity index is 1460. The molecule has 3 heterocycles. The zero-order chi connectivity index (χ0) is 30.9. The number of aromatic nitrogens is 1. The van der Waals surface area contributed by atoms with E-state index in [1.807, 2.05) is 35.2 Å². The molecule has 2 aromatic carbocycles. The van der Waals surface area contributed by atoms with Crippen molar-refractivity contribution in [2.24, 2.45) is 0 Å². The van der Waals surface area contributed by atoms with Crippen molar-refractivity contribution in [1.82, 2.24) is 15.2 Å². The highest BCUT2D eigenvalue weighted by atomic mass is 16.5. The number of anilines is 2. The first-order chi connectivity index (χ1) is 21.4. The first-order valence-corrected chi connectivity index (χ1v) is 14.6. The lowest BCUT2D eigenvalue weighted by atomic mass is 10.0. The Balaban J connectivity index is 1.33. The largest absolute Gasteiger partial charge is 0.481 e. The van der Waals surface area contributed by atoms with Crippen LogP contribution < -0.4 is 15.5 Å². The molecule has 2 saturated heterocycles. The van der Waals surface area contributed by atoms with Crippen molar-refractivity contribution < 1.29 is 33.8 Å². The minimum absolute atomic E-state index is 0.00142. The number of benzene rings is 2. The lowest BCUT2D eigenvalue weighted by molar-refractivity contribution is -0.141. The summed E-state index contributed by atoms with van der Waals surface area (Å²) in [6.45, 7) is 2.67. The van der Waals surface area contributed by atoms with Crippen LogP contribution >= 0.6 is 0 Å². The van der Waals surface area contributed by atoms with Gasteiger partial charge >= 0.3 is 12.1 Å². The van der Waals surface area contributed by atoms with Gasteiger partial charge in [-0.05, 0) is 48.2 Å². The number of carboxylic acid groups (broad SMARTS) is 1. The average molecular weight is 602 g/mol. The van der Waals surface area contributed by atoms with Crippen LogP contribution in [0.5, 0.6) is 0 Å².